The van der Waals surface area contributed by atoms with Gasteiger partial charge in [-0.1, -0.05) is 70.5 Å². The first-order valence-electron chi connectivity index (χ1n) is 8.01. The molecule has 0 heterocycles. The van der Waals surface area contributed by atoms with Crippen molar-refractivity contribution < 1.29 is 10.0 Å². The van der Waals surface area contributed by atoms with Crippen LogP contribution in [0.4, 0.5) is 5.69 Å². The fraction of sp³-hybridized carbons (Fsp3) is 0. The quantitative estimate of drug-likeness (QED) is 0.471. The van der Waals surface area contributed by atoms with Crippen LogP contribution in [0.15, 0.2) is 88.4 Å². The summed E-state index contributed by atoms with van der Waals surface area (Å²) in [6.07, 6.45) is 0. The molecule has 6 nitrogen and oxygen atoms in total. The number of benzene rings is 3. The summed E-state index contributed by atoms with van der Waals surface area (Å²) < 4.78 is 0.839. The third-order valence-electron chi connectivity index (χ3n) is 3.77. The molecule has 136 valence electrons. The Kier molecular flexibility index (Phi) is 5.97. The second-order valence-corrected chi connectivity index (χ2v) is 6.42. The highest BCUT2D eigenvalue weighted by Gasteiger charge is 2.12. The summed E-state index contributed by atoms with van der Waals surface area (Å²) in [6, 6.07) is 22.7. The second-order valence-electron chi connectivity index (χ2n) is 5.57. The maximum atomic E-state index is 12.4. The molecular formula is C20H15BrN3O3-. The standard InChI is InChI=1S/C20H15BrN3O3/c21-18-12-5-4-11-17(18)19(14-7-2-1-3-8-14)22-23-20(25)15-9-6-10-16(13-15)24(26)27/h1-13,26H,(H,23,25)/q-1. The molecule has 3 aromatic carbocycles. The molecule has 1 amide bonds. The fourth-order valence-electron chi connectivity index (χ4n) is 2.47. The van der Waals surface area contributed by atoms with Crippen LogP contribution in [-0.2, 0) is 0 Å². The van der Waals surface area contributed by atoms with Crippen LogP contribution in [0.25, 0.3) is 0 Å². The Hall–Kier alpha value is -3.00. The van der Waals surface area contributed by atoms with Gasteiger partial charge in [0.2, 0.25) is 0 Å². The molecule has 0 aliphatic rings. The van der Waals surface area contributed by atoms with E-state index >= 15 is 0 Å². The van der Waals surface area contributed by atoms with E-state index < -0.39 is 5.91 Å². The number of nitrogens with zero attached hydrogens (tertiary/aromatic N) is 2. The lowest BCUT2D eigenvalue weighted by atomic mass is 10.0. The first kappa shape index (κ1) is 18.8. The van der Waals surface area contributed by atoms with Gasteiger partial charge >= 0.3 is 0 Å². The van der Waals surface area contributed by atoms with Gasteiger partial charge in [-0.25, -0.2) is 5.43 Å². The number of rotatable bonds is 5. The van der Waals surface area contributed by atoms with Crippen LogP contribution in [0.5, 0.6) is 0 Å². The number of halogens is 1. The van der Waals surface area contributed by atoms with E-state index in [4.69, 9.17) is 5.21 Å². The van der Waals surface area contributed by atoms with E-state index in [1.165, 1.54) is 24.3 Å². The highest BCUT2D eigenvalue weighted by Crippen LogP contribution is 2.20. The van der Waals surface area contributed by atoms with Gasteiger partial charge < -0.3 is 10.4 Å². The Morgan fingerprint density at radius 1 is 0.963 bits per heavy atom. The van der Waals surface area contributed by atoms with E-state index in [1.54, 1.807) is 0 Å². The van der Waals surface area contributed by atoms with Gasteiger partial charge in [0, 0.05) is 21.2 Å². The average molecular weight is 425 g/mol. The average Bonchev–Trinajstić information content (AvgIpc) is 2.70. The van der Waals surface area contributed by atoms with E-state index in [0.717, 1.165) is 15.6 Å². The number of hydrazone groups is 1. The SMILES string of the molecule is O=C(NN=C(c1ccccc1)c1ccccc1Br)c1cccc(N([O-])O)c1. The Balaban J connectivity index is 1.94. The van der Waals surface area contributed by atoms with Crippen molar-refractivity contribution >= 4 is 33.2 Å². The van der Waals surface area contributed by atoms with Crippen molar-refractivity contribution in [2.45, 2.75) is 0 Å². The Bertz CT molecular complexity index is 975. The molecular weight excluding hydrogens is 410 g/mol. The molecule has 27 heavy (non-hydrogen) atoms. The van der Waals surface area contributed by atoms with Crippen molar-refractivity contribution in [1.82, 2.24) is 5.43 Å². The predicted octanol–water partition coefficient (Wildman–Crippen LogP) is 4.32. The molecule has 0 aliphatic carbocycles. The van der Waals surface area contributed by atoms with Crippen molar-refractivity contribution in [1.29, 1.82) is 0 Å². The van der Waals surface area contributed by atoms with Gasteiger partial charge in [0.25, 0.3) is 5.91 Å². The van der Waals surface area contributed by atoms with Gasteiger partial charge in [-0.05, 0) is 24.3 Å². The van der Waals surface area contributed by atoms with Crippen LogP contribution in [0.1, 0.15) is 21.5 Å². The van der Waals surface area contributed by atoms with E-state index in [0.29, 0.717) is 5.71 Å². The van der Waals surface area contributed by atoms with Crippen molar-refractivity contribution in [3.05, 3.63) is 105 Å². The number of nitrogens with one attached hydrogen (secondary N) is 1. The zero-order valence-electron chi connectivity index (χ0n) is 14.0. The first-order valence-corrected chi connectivity index (χ1v) is 8.80. The van der Waals surface area contributed by atoms with Crippen LogP contribution in [-0.4, -0.2) is 16.8 Å². The van der Waals surface area contributed by atoms with Crippen molar-refractivity contribution in [2.24, 2.45) is 5.10 Å². The molecule has 0 aliphatic heterocycles. The molecule has 3 aromatic rings. The maximum absolute atomic E-state index is 12.4. The molecule has 0 atom stereocenters. The Morgan fingerprint density at radius 3 is 2.33 bits per heavy atom. The Morgan fingerprint density at radius 2 is 1.63 bits per heavy atom. The van der Waals surface area contributed by atoms with Crippen molar-refractivity contribution in [3.8, 4) is 0 Å². The Labute approximate surface area is 164 Å². The van der Waals surface area contributed by atoms with Gasteiger partial charge in [-0.3, -0.25) is 10.0 Å². The molecule has 0 saturated carbocycles. The normalized spacial score (nSPS) is 11.1. The number of hydrogen-bond acceptors (Lipinski definition) is 5. The van der Waals surface area contributed by atoms with Crippen LogP contribution >= 0.6 is 15.9 Å². The summed E-state index contributed by atoms with van der Waals surface area (Å²) in [5.74, 6) is -0.501. The summed E-state index contributed by atoms with van der Waals surface area (Å²) in [5, 5.41) is 24.0. The smallest absolute Gasteiger partial charge is 0.271 e. The minimum Gasteiger partial charge on any atom is -0.733 e. The molecule has 3 rings (SSSR count). The van der Waals surface area contributed by atoms with Crippen molar-refractivity contribution in [2.75, 3.05) is 5.23 Å². The number of carbonyl (C=O) groups excluding carboxylic acids is 1. The summed E-state index contributed by atoms with van der Waals surface area (Å²) in [6.45, 7) is 0. The molecule has 2 N–H and O–H groups in total. The van der Waals surface area contributed by atoms with Crippen molar-refractivity contribution in [3.63, 3.8) is 0 Å². The largest absolute Gasteiger partial charge is 0.733 e. The summed E-state index contributed by atoms with van der Waals surface area (Å²) in [7, 11) is 0. The van der Waals surface area contributed by atoms with Gasteiger partial charge in [0.1, 0.15) is 0 Å². The first-order chi connectivity index (χ1) is 13.1. The van der Waals surface area contributed by atoms with Crippen LogP contribution in [0.3, 0.4) is 0 Å². The molecule has 0 radical (unpaired) electrons. The van der Waals surface area contributed by atoms with Gasteiger partial charge in [0.15, 0.2) is 0 Å². The zero-order chi connectivity index (χ0) is 19.2. The number of carbonyl (C=O) groups is 1. The number of hydrogen-bond donors (Lipinski definition) is 2. The lowest BCUT2D eigenvalue weighted by molar-refractivity contribution is 0.0955. The molecule has 0 fully saturated rings. The number of amides is 1. The predicted molar refractivity (Wildman–Crippen MR) is 108 cm³/mol. The molecule has 0 unspecified atom stereocenters. The summed E-state index contributed by atoms with van der Waals surface area (Å²) in [4.78, 5) is 12.4. The highest BCUT2D eigenvalue weighted by atomic mass is 79.9. The molecule has 0 spiro atoms. The number of anilines is 1. The van der Waals surface area contributed by atoms with E-state index in [1.807, 2.05) is 54.6 Å². The third kappa shape index (κ3) is 4.59. The minimum atomic E-state index is -0.501. The lowest BCUT2D eigenvalue weighted by Gasteiger charge is -2.21. The van der Waals surface area contributed by atoms with E-state index in [-0.39, 0.29) is 16.5 Å². The fourth-order valence-corrected chi connectivity index (χ4v) is 2.94. The van der Waals surface area contributed by atoms with Crippen LogP contribution < -0.4 is 10.7 Å². The summed E-state index contributed by atoms with van der Waals surface area (Å²) >= 11 is 3.51. The topological polar surface area (TPSA) is 88.0 Å². The molecule has 0 bridgehead atoms. The third-order valence-corrected chi connectivity index (χ3v) is 4.47. The lowest BCUT2D eigenvalue weighted by Crippen LogP contribution is -2.21. The van der Waals surface area contributed by atoms with Crippen LogP contribution in [0.2, 0.25) is 0 Å². The maximum Gasteiger partial charge on any atom is 0.271 e. The van der Waals surface area contributed by atoms with E-state index in [2.05, 4.69) is 26.5 Å². The van der Waals surface area contributed by atoms with Crippen LogP contribution in [0, 0.1) is 5.21 Å². The zero-order valence-corrected chi connectivity index (χ0v) is 15.6. The molecule has 0 saturated heterocycles. The summed E-state index contributed by atoms with van der Waals surface area (Å²) in [5.41, 5.74) is 4.91. The second kappa shape index (κ2) is 8.59. The van der Waals surface area contributed by atoms with E-state index in [9.17, 15) is 10.0 Å². The monoisotopic (exact) mass is 424 g/mol. The van der Waals surface area contributed by atoms with Gasteiger partial charge in [-0.15, -0.1) is 0 Å². The van der Waals surface area contributed by atoms with Gasteiger partial charge in [0.05, 0.1) is 11.4 Å². The van der Waals surface area contributed by atoms with Gasteiger partial charge in [-0.2, -0.15) is 5.10 Å². The molecule has 0 aromatic heterocycles. The minimum absolute atomic E-state index is 0.0410. The highest BCUT2D eigenvalue weighted by molar-refractivity contribution is 9.10. The molecule has 7 heteroatoms.